The lowest BCUT2D eigenvalue weighted by Crippen LogP contribution is -2.15. The van der Waals surface area contributed by atoms with E-state index in [1.54, 1.807) is 0 Å². The van der Waals surface area contributed by atoms with E-state index in [0.29, 0.717) is 6.42 Å². The number of hydrogen-bond donors (Lipinski definition) is 1. The second-order valence-corrected chi connectivity index (χ2v) is 5.26. The van der Waals surface area contributed by atoms with Gasteiger partial charge in [0.05, 0.1) is 0 Å². The number of rotatable bonds is 4. The first kappa shape index (κ1) is 14.1. The first-order chi connectivity index (χ1) is 9.06. The molecule has 6 heteroatoms. The number of halogens is 3. The molecule has 1 aromatic heterocycles. The minimum Gasteiger partial charge on any atom is -0.311 e. The van der Waals surface area contributed by atoms with E-state index < -0.39 is 6.43 Å². The van der Waals surface area contributed by atoms with Crippen LogP contribution in [0.5, 0.6) is 0 Å². The Hall–Kier alpha value is -1.30. The minimum absolute atomic E-state index is 0.158. The maximum absolute atomic E-state index is 12.7. The fourth-order valence-corrected chi connectivity index (χ4v) is 2.38. The van der Waals surface area contributed by atoms with Crippen molar-refractivity contribution in [3.8, 4) is 0 Å². The molecule has 1 atom stereocenters. The van der Waals surface area contributed by atoms with Crippen LogP contribution >= 0.6 is 15.9 Å². The maximum Gasteiger partial charge on any atom is 0.265 e. The van der Waals surface area contributed by atoms with Crippen molar-refractivity contribution in [1.82, 2.24) is 4.98 Å². The number of nitrogens with one attached hydrogen (secondary N) is 1. The summed E-state index contributed by atoms with van der Waals surface area (Å²) < 4.78 is 25.6. The summed E-state index contributed by atoms with van der Waals surface area (Å²) in [5.41, 5.74) is -0.175. The van der Waals surface area contributed by atoms with Crippen LogP contribution in [0.2, 0.25) is 0 Å². The molecule has 1 aromatic rings. The van der Waals surface area contributed by atoms with Crippen molar-refractivity contribution in [2.24, 2.45) is 5.92 Å². The number of anilines is 1. The van der Waals surface area contributed by atoms with Crippen LogP contribution in [-0.4, -0.2) is 10.9 Å². The first-order valence-electron chi connectivity index (χ1n) is 5.96. The number of hydrogen-bond acceptors (Lipinski definition) is 2. The summed E-state index contributed by atoms with van der Waals surface area (Å²) >= 11 is 3.00. The molecular formula is C13H13BrF2N2O. The van der Waals surface area contributed by atoms with Crippen molar-refractivity contribution in [1.29, 1.82) is 0 Å². The number of amides is 1. The Labute approximate surface area is 118 Å². The third-order valence-electron chi connectivity index (χ3n) is 2.95. The van der Waals surface area contributed by atoms with Crippen LogP contribution in [0.25, 0.3) is 0 Å². The zero-order chi connectivity index (χ0) is 13.8. The van der Waals surface area contributed by atoms with Crippen molar-refractivity contribution in [2.75, 3.05) is 5.32 Å². The smallest absolute Gasteiger partial charge is 0.265 e. The standard InChI is InChI=1S/C13H13BrF2N2O/c14-10-7-17-11(6-9(10)13(15)16)18-12(19)5-8-3-1-2-4-8/h1,3,6-8,13H,2,4-5H2,(H,17,18,19). The molecule has 0 saturated heterocycles. The summed E-state index contributed by atoms with van der Waals surface area (Å²) in [5, 5.41) is 2.55. The summed E-state index contributed by atoms with van der Waals surface area (Å²) in [4.78, 5) is 15.7. The molecule has 1 amide bonds. The Bertz CT molecular complexity index is 505. The van der Waals surface area contributed by atoms with Gasteiger partial charge >= 0.3 is 0 Å². The van der Waals surface area contributed by atoms with Gasteiger partial charge in [-0.2, -0.15) is 0 Å². The fraction of sp³-hybridized carbons (Fsp3) is 0.385. The van der Waals surface area contributed by atoms with Crippen molar-refractivity contribution in [2.45, 2.75) is 25.7 Å². The van der Waals surface area contributed by atoms with Crippen LogP contribution in [0.4, 0.5) is 14.6 Å². The number of allylic oxidation sites excluding steroid dienone is 2. The third kappa shape index (κ3) is 3.83. The number of pyridine rings is 1. The van der Waals surface area contributed by atoms with Crippen molar-refractivity contribution < 1.29 is 13.6 Å². The van der Waals surface area contributed by atoms with Crippen LogP contribution in [0.3, 0.4) is 0 Å². The van der Waals surface area contributed by atoms with Gasteiger partial charge in [0.1, 0.15) is 5.82 Å². The number of alkyl halides is 2. The van der Waals surface area contributed by atoms with Crippen molar-refractivity contribution in [3.05, 3.63) is 34.5 Å². The Balaban J connectivity index is 2.00. The zero-order valence-corrected chi connectivity index (χ0v) is 11.7. The lowest BCUT2D eigenvalue weighted by molar-refractivity contribution is -0.116. The summed E-state index contributed by atoms with van der Waals surface area (Å²) in [6.07, 6.45) is 5.04. The van der Waals surface area contributed by atoms with Gasteiger partial charge in [-0.15, -0.1) is 0 Å². The van der Waals surface area contributed by atoms with E-state index >= 15 is 0 Å². The van der Waals surface area contributed by atoms with E-state index in [0.717, 1.165) is 12.8 Å². The molecule has 1 N–H and O–H groups in total. The number of carbonyl (C=O) groups excluding carboxylic acids is 1. The molecule has 1 heterocycles. The van der Waals surface area contributed by atoms with Gasteiger partial charge in [0.2, 0.25) is 5.91 Å². The molecule has 19 heavy (non-hydrogen) atoms. The van der Waals surface area contributed by atoms with Gasteiger partial charge in [-0.05, 0) is 40.8 Å². The van der Waals surface area contributed by atoms with E-state index in [4.69, 9.17) is 0 Å². The molecule has 3 nitrogen and oxygen atoms in total. The number of nitrogens with zero attached hydrogens (tertiary/aromatic N) is 1. The largest absolute Gasteiger partial charge is 0.311 e. The van der Waals surface area contributed by atoms with Crippen LogP contribution in [-0.2, 0) is 4.79 Å². The van der Waals surface area contributed by atoms with Crippen LogP contribution < -0.4 is 5.32 Å². The highest BCUT2D eigenvalue weighted by atomic mass is 79.9. The van der Waals surface area contributed by atoms with Gasteiger partial charge in [-0.1, -0.05) is 12.2 Å². The SMILES string of the molecule is O=C(CC1C=CCC1)Nc1cc(C(F)F)c(Br)cn1. The molecule has 0 fully saturated rings. The second kappa shape index (κ2) is 6.23. The summed E-state index contributed by atoms with van der Waals surface area (Å²) in [5.74, 6) is 0.196. The van der Waals surface area contributed by atoms with E-state index in [1.807, 2.05) is 12.2 Å². The molecule has 0 aromatic carbocycles. The molecule has 0 bridgehead atoms. The van der Waals surface area contributed by atoms with Crippen LogP contribution in [0.15, 0.2) is 28.9 Å². The van der Waals surface area contributed by atoms with Gasteiger partial charge in [-0.25, -0.2) is 13.8 Å². The molecule has 0 radical (unpaired) electrons. The van der Waals surface area contributed by atoms with Gasteiger partial charge in [0.15, 0.2) is 0 Å². The average molecular weight is 331 g/mol. The molecule has 0 aliphatic heterocycles. The average Bonchev–Trinajstić information content (AvgIpc) is 2.84. The highest BCUT2D eigenvalue weighted by molar-refractivity contribution is 9.10. The van der Waals surface area contributed by atoms with Crippen molar-refractivity contribution >= 4 is 27.7 Å². The Morgan fingerprint density at radius 1 is 1.58 bits per heavy atom. The predicted octanol–water partition coefficient (Wildman–Crippen LogP) is 4.08. The topological polar surface area (TPSA) is 42.0 Å². The quantitative estimate of drug-likeness (QED) is 0.845. The van der Waals surface area contributed by atoms with Gasteiger partial charge < -0.3 is 5.32 Å². The lowest BCUT2D eigenvalue weighted by atomic mass is 10.1. The highest BCUT2D eigenvalue weighted by Gasteiger charge is 2.16. The van der Waals surface area contributed by atoms with Crippen molar-refractivity contribution in [3.63, 3.8) is 0 Å². The molecule has 0 saturated carbocycles. The molecule has 2 rings (SSSR count). The second-order valence-electron chi connectivity index (χ2n) is 4.41. The van der Waals surface area contributed by atoms with Gasteiger partial charge in [-0.3, -0.25) is 4.79 Å². The monoisotopic (exact) mass is 330 g/mol. The van der Waals surface area contributed by atoms with E-state index in [-0.39, 0.29) is 27.7 Å². The Morgan fingerprint density at radius 2 is 2.37 bits per heavy atom. The van der Waals surface area contributed by atoms with Gasteiger partial charge in [0, 0.05) is 22.7 Å². The molecular weight excluding hydrogens is 318 g/mol. The third-order valence-corrected chi connectivity index (χ3v) is 3.61. The van der Waals surface area contributed by atoms with E-state index in [2.05, 4.69) is 26.2 Å². The molecule has 1 aliphatic carbocycles. The minimum atomic E-state index is -2.61. The van der Waals surface area contributed by atoms with E-state index in [9.17, 15) is 13.6 Å². The summed E-state index contributed by atoms with van der Waals surface area (Å²) in [7, 11) is 0. The number of aromatic nitrogens is 1. The normalized spacial score (nSPS) is 18.0. The number of carbonyl (C=O) groups is 1. The summed E-state index contributed by atoms with van der Waals surface area (Å²) in [6.45, 7) is 0. The molecule has 1 aliphatic rings. The molecule has 0 spiro atoms. The fourth-order valence-electron chi connectivity index (χ4n) is 1.99. The Morgan fingerprint density at radius 3 is 3.00 bits per heavy atom. The van der Waals surface area contributed by atoms with Crippen LogP contribution in [0, 0.1) is 5.92 Å². The zero-order valence-electron chi connectivity index (χ0n) is 10.1. The first-order valence-corrected chi connectivity index (χ1v) is 6.75. The maximum atomic E-state index is 12.7. The lowest BCUT2D eigenvalue weighted by Gasteiger charge is -2.10. The van der Waals surface area contributed by atoms with Gasteiger partial charge in [0.25, 0.3) is 6.43 Å². The molecule has 102 valence electrons. The Kier molecular flexibility index (Phi) is 4.63. The highest BCUT2D eigenvalue weighted by Crippen LogP contribution is 2.28. The predicted molar refractivity (Wildman–Crippen MR) is 72.0 cm³/mol. The van der Waals surface area contributed by atoms with E-state index in [1.165, 1.54) is 12.3 Å². The van der Waals surface area contributed by atoms with Crippen LogP contribution in [0.1, 0.15) is 31.3 Å². The summed E-state index contributed by atoms with van der Waals surface area (Å²) in [6, 6.07) is 1.19. The molecule has 1 unspecified atom stereocenters.